The third-order valence-corrected chi connectivity index (χ3v) is 9.21. The molecule has 0 unspecified atom stereocenters. The lowest BCUT2D eigenvalue weighted by Gasteiger charge is -2.12. The maximum Gasteiger partial charge on any atom is 0.271 e. The Labute approximate surface area is 193 Å². The molecular formula is C24H24N3OS3+. The summed E-state index contributed by atoms with van der Waals surface area (Å²) in [7, 11) is 2.06. The summed E-state index contributed by atoms with van der Waals surface area (Å²) in [6.07, 6.45) is 2.19. The number of hydrogen-bond acceptors (Lipinski definition) is 5. The molecule has 0 atom stereocenters. The van der Waals surface area contributed by atoms with Crippen LogP contribution in [0.15, 0.2) is 52.2 Å². The molecule has 0 spiro atoms. The van der Waals surface area contributed by atoms with Crippen molar-refractivity contribution in [2.24, 2.45) is 0 Å². The number of benzene rings is 2. The van der Waals surface area contributed by atoms with E-state index >= 15 is 0 Å². The van der Waals surface area contributed by atoms with Crippen LogP contribution in [0.4, 0.5) is 5.69 Å². The summed E-state index contributed by atoms with van der Waals surface area (Å²) in [6.45, 7) is 7.87. The van der Waals surface area contributed by atoms with E-state index in [1.54, 1.807) is 34.4 Å². The van der Waals surface area contributed by atoms with E-state index in [-0.39, 0.29) is 5.56 Å². The van der Waals surface area contributed by atoms with Crippen LogP contribution >= 0.6 is 34.4 Å². The third-order valence-electron chi connectivity index (χ3n) is 5.61. The first-order valence-electron chi connectivity index (χ1n) is 10.4. The zero-order valence-electron chi connectivity index (χ0n) is 18.0. The summed E-state index contributed by atoms with van der Waals surface area (Å²) in [5.41, 5.74) is 3.75. The average Bonchev–Trinajstić information content (AvgIpc) is 3.39. The topological polar surface area (TPSA) is 29.1 Å². The second-order valence-corrected chi connectivity index (χ2v) is 10.7. The number of aromatic nitrogens is 2. The van der Waals surface area contributed by atoms with Gasteiger partial charge in [-0.2, -0.15) is 4.57 Å². The number of fused-ring (bicyclic) bond motifs is 2. The molecule has 0 radical (unpaired) electrons. The summed E-state index contributed by atoms with van der Waals surface area (Å²) in [5, 5.41) is 2.20. The monoisotopic (exact) mass is 466 g/mol. The van der Waals surface area contributed by atoms with Gasteiger partial charge >= 0.3 is 0 Å². The van der Waals surface area contributed by atoms with Gasteiger partial charge in [0.2, 0.25) is 5.52 Å². The fraction of sp³-hybridized carbons (Fsp3) is 0.250. The van der Waals surface area contributed by atoms with Crippen molar-refractivity contribution in [1.82, 2.24) is 4.57 Å². The molecule has 2 aromatic heterocycles. The number of thiazole rings is 2. The second kappa shape index (κ2) is 7.97. The van der Waals surface area contributed by atoms with Gasteiger partial charge < -0.3 is 4.90 Å². The van der Waals surface area contributed by atoms with Crippen LogP contribution in [-0.2, 0) is 13.1 Å². The Hall–Kier alpha value is -2.35. The molecule has 3 heterocycles. The highest BCUT2D eigenvalue weighted by Gasteiger charge is 2.25. The van der Waals surface area contributed by atoms with E-state index in [0.717, 1.165) is 20.8 Å². The van der Waals surface area contributed by atoms with Gasteiger partial charge in [-0.3, -0.25) is 9.36 Å². The zero-order valence-corrected chi connectivity index (χ0v) is 20.5. The van der Waals surface area contributed by atoms with Crippen LogP contribution in [0.2, 0.25) is 0 Å². The minimum Gasteiger partial charge on any atom is -0.337 e. The SMILES string of the molecule is CCn1c(=Cc2sc3ccccc3[n+]2CC)sc(=C2Sc3ccc(C)cc3N2C)c1=O. The lowest BCUT2D eigenvalue weighted by atomic mass is 10.2. The van der Waals surface area contributed by atoms with Crippen molar-refractivity contribution < 1.29 is 4.57 Å². The minimum atomic E-state index is 0.0989. The number of nitrogens with zero attached hydrogens (tertiary/aromatic N) is 3. The highest BCUT2D eigenvalue weighted by atomic mass is 32.2. The van der Waals surface area contributed by atoms with Gasteiger partial charge in [-0.05, 0) is 44.5 Å². The molecule has 0 saturated carbocycles. The van der Waals surface area contributed by atoms with Crippen LogP contribution < -0.4 is 24.2 Å². The Morgan fingerprint density at radius 3 is 2.68 bits per heavy atom. The molecule has 7 heteroatoms. The first-order chi connectivity index (χ1) is 15.0. The van der Waals surface area contributed by atoms with Crippen molar-refractivity contribution in [1.29, 1.82) is 0 Å². The number of hydrogen-bond donors (Lipinski definition) is 0. The molecule has 0 aliphatic carbocycles. The standard InChI is InChI=1S/C24H24N3OS3/c1-5-26-16-9-7-8-10-18(16)29-20(26)14-21-27(6-2)23(28)22(31-21)24-25(4)17-13-15(3)11-12-19(17)30-24/h7-14H,5-6H2,1-4H3/q+1. The van der Waals surface area contributed by atoms with Crippen molar-refractivity contribution in [3.63, 3.8) is 0 Å². The number of rotatable bonds is 3. The first-order valence-corrected chi connectivity index (χ1v) is 12.9. The van der Waals surface area contributed by atoms with Gasteiger partial charge in [-0.15, -0.1) is 11.3 Å². The summed E-state index contributed by atoms with van der Waals surface area (Å²) in [6, 6.07) is 15.0. The zero-order chi connectivity index (χ0) is 21.7. The van der Waals surface area contributed by atoms with Crippen LogP contribution in [0.5, 0.6) is 0 Å². The van der Waals surface area contributed by atoms with Crippen LogP contribution in [0.1, 0.15) is 24.4 Å². The summed E-state index contributed by atoms with van der Waals surface area (Å²) >= 11 is 5.07. The fourth-order valence-corrected chi connectivity index (χ4v) is 7.69. The van der Waals surface area contributed by atoms with Crippen molar-refractivity contribution in [3.05, 3.63) is 72.6 Å². The molecule has 5 rings (SSSR count). The van der Waals surface area contributed by atoms with Gasteiger partial charge in [0, 0.05) is 24.6 Å². The molecule has 4 aromatic rings. The largest absolute Gasteiger partial charge is 0.337 e. The quantitative estimate of drug-likeness (QED) is 0.429. The maximum atomic E-state index is 13.4. The average molecular weight is 467 g/mol. The van der Waals surface area contributed by atoms with E-state index < -0.39 is 0 Å². The van der Waals surface area contributed by atoms with Gasteiger partial charge in [-0.25, -0.2) is 0 Å². The van der Waals surface area contributed by atoms with E-state index in [9.17, 15) is 4.79 Å². The van der Waals surface area contributed by atoms with Crippen molar-refractivity contribution in [3.8, 4) is 0 Å². The number of anilines is 1. The Morgan fingerprint density at radius 1 is 1.10 bits per heavy atom. The molecule has 1 aliphatic heterocycles. The van der Waals surface area contributed by atoms with Gasteiger partial charge in [0.25, 0.3) is 10.6 Å². The highest BCUT2D eigenvalue weighted by molar-refractivity contribution is 8.08. The van der Waals surface area contributed by atoms with Crippen LogP contribution in [0, 0.1) is 6.92 Å². The number of thioether (sulfide) groups is 1. The lowest BCUT2D eigenvalue weighted by molar-refractivity contribution is -0.665. The molecule has 0 fully saturated rings. The fourth-order valence-electron chi connectivity index (χ4n) is 4.02. The molecule has 31 heavy (non-hydrogen) atoms. The Bertz CT molecular complexity index is 1490. The molecule has 0 amide bonds. The van der Waals surface area contributed by atoms with Gasteiger partial charge in [0.1, 0.15) is 25.5 Å². The lowest BCUT2D eigenvalue weighted by Crippen LogP contribution is -2.35. The van der Waals surface area contributed by atoms with Gasteiger partial charge in [0.15, 0.2) is 0 Å². The molecule has 4 nitrogen and oxygen atoms in total. The molecule has 1 aliphatic rings. The minimum absolute atomic E-state index is 0.0989. The first kappa shape index (κ1) is 20.5. The Kier molecular flexibility index (Phi) is 5.28. The van der Waals surface area contributed by atoms with Crippen LogP contribution in [0.25, 0.3) is 21.3 Å². The second-order valence-electron chi connectivity index (χ2n) is 7.55. The smallest absolute Gasteiger partial charge is 0.271 e. The van der Waals surface area contributed by atoms with Crippen molar-refractivity contribution >= 4 is 61.4 Å². The van der Waals surface area contributed by atoms with Crippen molar-refractivity contribution in [2.45, 2.75) is 38.8 Å². The van der Waals surface area contributed by atoms with E-state index in [1.807, 2.05) is 11.5 Å². The van der Waals surface area contributed by atoms with Gasteiger partial charge in [0.05, 0.1) is 11.8 Å². The summed E-state index contributed by atoms with van der Waals surface area (Å²) < 4.78 is 7.32. The Balaban J connectivity index is 1.73. The number of para-hydroxylation sites is 1. The number of aryl methyl sites for hydroxylation is 2. The maximum absolute atomic E-state index is 13.4. The third kappa shape index (κ3) is 3.35. The van der Waals surface area contributed by atoms with Crippen LogP contribution in [-0.4, -0.2) is 11.6 Å². The summed E-state index contributed by atoms with van der Waals surface area (Å²) in [5.74, 6) is 0. The molecule has 0 N–H and O–H groups in total. The summed E-state index contributed by atoms with van der Waals surface area (Å²) in [4.78, 5) is 16.7. The molecule has 0 saturated heterocycles. The van der Waals surface area contributed by atoms with E-state index in [4.69, 9.17) is 0 Å². The normalized spacial score (nSPS) is 15.9. The predicted octanol–water partition coefficient (Wildman–Crippen LogP) is 3.90. The molecule has 0 bridgehead atoms. The van der Waals surface area contributed by atoms with Gasteiger partial charge in [-0.1, -0.05) is 41.3 Å². The molecule has 158 valence electrons. The predicted molar refractivity (Wildman–Crippen MR) is 134 cm³/mol. The van der Waals surface area contributed by atoms with E-state index in [0.29, 0.717) is 6.54 Å². The molecular weight excluding hydrogens is 442 g/mol. The molecule has 2 aromatic carbocycles. The highest BCUT2D eigenvalue weighted by Crippen LogP contribution is 2.45. The van der Waals surface area contributed by atoms with Crippen LogP contribution in [0.3, 0.4) is 0 Å². The Morgan fingerprint density at radius 2 is 1.90 bits per heavy atom. The van der Waals surface area contributed by atoms with Crippen molar-refractivity contribution in [2.75, 3.05) is 11.9 Å². The van der Waals surface area contributed by atoms with E-state index in [1.165, 1.54) is 31.4 Å². The van der Waals surface area contributed by atoms with E-state index in [2.05, 4.69) is 78.9 Å².